The second-order valence-corrected chi connectivity index (χ2v) is 13.0. The number of fused-ring (bicyclic) bond motifs is 1. The Morgan fingerprint density at radius 2 is 1.20 bits per heavy atom. The third kappa shape index (κ3) is 7.27. The Labute approximate surface area is 303 Å². The van der Waals surface area contributed by atoms with Gasteiger partial charge in [-0.3, -0.25) is 4.79 Å². The summed E-state index contributed by atoms with van der Waals surface area (Å²) in [5.41, 5.74) is -1.57. The van der Waals surface area contributed by atoms with Crippen molar-refractivity contribution in [1.82, 2.24) is 0 Å². The summed E-state index contributed by atoms with van der Waals surface area (Å²) in [6.45, 7) is -0.166. The quantitative estimate of drug-likeness (QED) is 0.0917. The number of aliphatic hydroxyl groups is 10. The highest BCUT2D eigenvalue weighted by Crippen LogP contribution is 2.40. The first-order valence-corrected chi connectivity index (χ1v) is 16.5. The van der Waals surface area contributed by atoms with E-state index < -0.39 is 145 Å². The molecule has 298 valence electrons. The van der Waals surface area contributed by atoms with Gasteiger partial charge in [0.1, 0.15) is 89.6 Å². The monoisotopic (exact) mass is 772 g/mol. The van der Waals surface area contributed by atoms with Crippen molar-refractivity contribution >= 4 is 11.0 Å². The van der Waals surface area contributed by atoms with Crippen molar-refractivity contribution in [3.05, 3.63) is 40.6 Å². The lowest BCUT2D eigenvalue weighted by molar-refractivity contribution is -0.348. The van der Waals surface area contributed by atoms with Crippen molar-refractivity contribution in [3.8, 4) is 40.1 Å². The van der Waals surface area contributed by atoms with Crippen LogP contribution in [0.3, 0.4) is 0 Å². The molecule has 0 spiro atoms. The summed E-state index contributed by atoms with van der Waals surface area (Å²) >= 11 is 0. The second-order valence-electron chi connectivity index (χ2n) is 13.0. The molecule has 21 nitrogen and oxygen atoms in total. The Hall–Kier alpha value is -3.91. The van der Waals surface area contributed by atoms with Crippen LogP contribution >= 0.6 is 0 Å². The third-order valence-corrected chi connectivity index (χ3v) is 9.40. The van der Waals surface area contributed by atoms with Crippen LogP contribution in [0.2, 0.25) is 0 Å². The number of rotatable bonds is 9. The molecule has 3 aliphatic rings. The van der Waals surface area contributed by atoms with Gasteiger partial charge in [0, 0.05) is 17.7 Å². The van der Waals surface area contributed by atoms with Crippen molar-refractivity contribution in [2.45, 2.75) is 99.0 Å². The van der Waals surface area contributed by atoms with Gasteiger partial charge in [-0.2, -0.15) is 0 Å². The van der Waals surface area contributed by atoms with Gasteiger partial charge in [-0.25, -0.2) is 0 Å². The number of hydrogen-bond donors (Lipinski definition) is 13. The van der Waals surface area contributed by atoms with Gasteiger partial charge in [-0.05, 0) is 25.1 Å². The van der Waals surface area contributed by atoms with Gasteiger partial charge in [-0.1, -0.05) is 0 Å². The van der Waals surface area contributed by atoms with Crippen molar-refractivity contribution in [1.29, 1.82) is 0 Å². The van der Waals surface area contributed by atoms with Crippen LogP contribution in [0, 0.1) is 0 Å². The first-order chi connectivity index (χ1) is 25.6. The lowest BCUT2D eigenvalue weighted by Crippen LogP contribution is -2.64. The lowest BCUT2D eigenvalue weighted by atomic mass is 9.97. The summed E-state index contributed by atoms with van der Waals surface area (Å²) in [6, 6.07) is 5.25. The Bertz CT molecular complexity index is 1850. The van der Waals surface area contributed by atoms with E-state index in [1.54, 1.807) is 0 Å². The van der Waals surface area contributed by atoms with E-state index in [1.807, 2.05) is 0 Å². The molecule has 0 bridgehead atoms. The van der Waals surface area contributed by atoms with Crippen molar-refractivity contribution in [2.75, 3.05) is 13.2 Å². The van der Waals surface area contributed by atoms with E-state index in [0.29, 0.717) is 0 Å². The maximum absolute atomic E-state index is 13.9. The second kappa shape index (κ2) is 15.7. The number of benzene rings is 2. The zero-order valence-corrected chi connectivity index (χ0v) is 28.0. The fraction of sp³-hybridized carbons (Fsp3) is 0.545. The average Bonchev–Trinajstić information content (AvgIpc) is 3.14. The highest BCUT2D eigenvalue weighted by atomic mass is 16.7. The highest BCUT2D eigenvalue weighted by molar-refractivity contribution is 5.88. The van der Waals surface area contributed by atoms with Crippen LogP contribution in [-0.2, 0) is 18.9 Å². The summed E-state index contributed by atoms with van der Waals surface area (Å²) in [7, 11) is 0. The van der Waals surface area contributed by atoms with Gasteiger partial charge in [-0.15, -0.1) is 0 Å². The van der Waals surface area contributed by atoms with Gasteiger partial charge < -0.3 is 99.2 Å². The van der Waals surface area contributed by atoms with E-state index in [-0.39, 0.29) is 16.9 Å². The zero-order valence-electron chi connectivity index (χ0n) is 28.0. The summed E-state index contributed by atoms with van der Waals surface area (Å²) in [4.78, 5) is 13.9. The molecule has 0 unspecified atom stereocenters. The Morgan fingerprint density at radius 1 is 0.630 bits per heavy atom. The maximum Gasteiger partial charge on any atom is 0.239 e. The van der Waals surface area contributed by atoms with Crippen LogP contribution in [0.5, 0.6) is 28.7 Å². The molecule has 4 heterocycles. The van der Waals surface area contributed by atoms with Crippen LogP contribution in [0.1, 0.15) is 6.92 Å². The maximum atomic E-state index is 13.9. The molecule has 1 aromatic heterocycles. The molecule has 3 fully saturated rings. The molecule has 21 heteroatoms. The number of phenols is 3. The van der Waals surface area contributed by atoms with E-state index in [1.165, 1.54) is 13.0 Å². The van der Waals surface area contributed by atoms with E-state index in [2.05, 4.69) is 0 Å². The topological polar surface area (TPSA) is 349 Å². The highest BCUT2D eigenvalue weighted by Gasteiger charge is 2.50. The normalized spacial score (nSPS) is 37.3. The molecule has 0 saturated carbocycles. The molecule has 2 aromatic carbocycles. The number of aliphatic hydroxyl groups excluding tert-OH is 10. The molecule has 0 aliphatic carbocycles. The van der Waals surface area contributed by atoms with Crippen LogP contribution in [0.15, 0.2) is 39.5 Å². The van der Waals surface area contributed by atoms with Gasteiger partial charge in [0.05, 0.1) is 19.3 Å². The Morgan fingerprint density at radius 3 is 1.81 bits per heavy atom. The fourth-order valence-electron chi connectivity index (χ4n) is 6.33. The molecule has 0 radical (unpaired) electrons. The van der Waals surface area contributed by atoms with Crippen LogP contribution in [0.4, 0.5) is 0 Å². The zero-order chi connectivity index (χ0) is 39.3. The fourth-order valence-corrected chi connectivity index (χ4v) is 6.33. The molecule has 0 amide bonds. The predicted octanol–water partition coefficient (Wildman–Crippen LogP) is -4.21. The molecule has 3 aliphatic heterocycles. The molecule has 54 heavy (non-hydrogen) atoms. The van der Waals surface area contributed by atoms with Gasteiger partial charge in [0.2, 0.25) is 23.8 Å². The molecular weight excluding hydrogens is 732 g/mol. The molecular formula is C33H40O21. The standard InChI is InChI=1S/C33H40O21/c1-9-28(53-32-25(45)22(42)19(39)16(7-34)51-32)24(44)27(47)31(48-9)49-11-5-14(38)18-15(6-11)50-29(10-2-3-12(36)13(37)4-10)30(21(18)41)54-33-26(46)23(43)20(40)17(8-35)52-33/h2-6,9,16-17,19-20,22-28,31-40,42-47H,7-8H2,1H3/t9-,16-,17+,19-,20+,22+,23-,24-,25-,26+,27+,28-,31-,32+,33-/m0/s1. The summed E-state index contributed by atoms with van der Waals surface area (Å²) in [5.74, 6) is -3.48. The lowest BCUT2D eigenvalue weighted by Gasteiger charge is -2.45. The summed E-state index contributed by atoms with van der Waals surface area (Å²) < 4.78 is 39.3. The SMILES string of the molecule is C[C@@H]1O[C@@H](Oc2cc(O)c3c(=O)c(O[C@@H]4O[C@H](CO)[C@@H](O)[C@H](O)[C@H]4O)c(-c4ccc(O)c(O)c4)oc3c2)[C@H](O)[C@H](O)[C@H]1O[C@H]1O[C@@H](CO)[C@H](O)[C@@H](O)[C@@H]1O. The van der Waals surface area contributed by atoms with Gasteiger partial charge in [0.15, 0.2) is 23.5 Å². The minimum absolute atomic E-state index is 0.0943. The number of hydrogen-bond acceptors (Lipinski definition) is 21. The largest absolute Gasteiger partial charge is 0.507 e. The van der Waals surface area contributed by atoms with Crippen LogP contribution in [0.25, 0.3) is 22.3 Å². The molecule has 3 saturated heterocycles. The van der Waals surface area contributed by atoms with E-state index in [9.17, 15) is 71.2 Å². The van der Waals surface area contributed by atoms with Gasteiger partial charge >= 0.3 is 0 Å². The van der Waals surface area contributed by atoms with E-state index in [4.69, 9.17) is 32.8 Å². The minimum Gasteiger partial charge on any atom is -0.507 e. The summed E-state index contributed by atoms with van der Waals surface area (Å²) in [6.07, 6.45) is -25.1. The Balaban J connectivity index is 1.30. The number of ether oxygens (including phenoxy) is 6. The van der Waals surface area contributed by atoms with Crippen molar-refractivity contribution < 1.29 is 99.2 Å². The third-order valence-electron chi connectivity index (χ3n) is 9.40. The van der Waals surface area contributed by atoms with E-state index >= 15 is 0 Å². The van der Waals surface area contributed by atoms with Gasteiger partial charge in [0.25, 0.3) is 0 Å². The summed E-state index contributed by atoms with van der Waals surface area (Å²) in [5, 5.41) is 133. The van der Waals surface area contributed by atoms with Crippen molar-refractivity contribution in [2.24, 2.45) is 0 Å². The number of phenolic OH excluding ortho intramolecular Hbond substituents is 3. The first-order valence-electron chi connectivity index (χ1n) is 16.5. The van der Waals surface area contributed by atoms with Crippen LogP contribution < -0.4 is 14.9 Å². The smallest absolute Gasteiger partial charge is 0.239 e. The molecule has 3 aromatic rings. The van der Waals surface area contributed by atoms with E-state index in [0.717, 1.165) is 24.3 Å². The average molecular weight is 773 g/mol. The first kappa shape index (κ1) is 39.8. The molecule has 15 atom stereocenters. The number of aromatic hydroxyl groups is 3. The molecule has 6 rings (SSSR count). The minimum atomic E-state index is -1.97. The van der Waals surface area contributed by atoms with Crippen LogP contribution in [-0.4, -0.2) is 172 Å². The van der Waals surface area contributed by atoms with Crippen molar-refractivity contribution in [3.63, 3.8) is 0 Å². The molecule has 13 N–H and O–H groups in total. The predicted molar refractivity (Wildman–Crippen MR) is 173 cm³/mol. The Kier molecular flexibility index (Phi) is 11.5.